The molecule has 0 saturated heterocycles. The number of hydrogen-bond donors (Lipinski definition) is 3. The van der Waals surface area contributed by atoms with Gasteiger partial charge in [-0.25, -0.2) is 0 Å². The van der Waals surface area contributed by atoms with E-state index in [1.54, 1.807) is 6.08 Å². The summed E-state index contributed by atoms with van der Waals surface area (Å²) >= 11 is 0. The molecule has 1 amide bonds. The summed E-state index contributed by atoms with van der Waals surface area (Å²) in [6, 6.07) is -0.640. The quantitative estimate of drug-likeness (QED) is 0.0428. The van der Waals surface area contributed by atoms with Crippen LogP contribution in [0, 0.1) is 0 Å². The monoisotopic (exact) mass is 758 g/mol. The van der Waals surface area contributed by atoms with Crippen molar-refractivity contribution in [2.45, 2.75) is 270 Å². The molecular weight excluding hydrogens is 663 g/mol. The van der Waals surface area contributed by atoms with Crippen LogP contribution in [0.15, 0.2) is 36.5 Å². The van der Waals surface area contributed by atoms with Crippen molar-refractivity contribution >= 4 is 5.91 Å². The van der Waals surface area contributed by atoms with Gasteiger partial charge < -0.3 is 15.5 Å². The first-order chi connectivity index (χ1) is 26.7. The summed E-state index contributed by atoms with van der Waals surface area (Å²) in [6.07, 6.45) is 61.3. The maximum Gasteiger partial charge on any atom is 0.220 e. The molecule has 0 rings (SSSR count). The second-order valence-electron chi connectivity index (χ2n) is 16.5. The largest absolute Gasteiger partial charge is 0.394 e. The molecular formula is C50H95NO3. The summed E-state index contributed by atoms with van der Waals surface area (Å²) in [5.74, 6) is -0.0760. The summed E-state index contributed by atoms with van der Waals surface area (Å²) in [4.78, 5) is 12.4. The van der Waals surface area contributed by atoms with Gasteiger partial charge in [0, 0.05) is 6.42 Å². The number of allylic oxidation sites excluding steroid dienone is 5. The normalized spacial score (nSPS) is 13.2. The maximum absolute atomic E-state index is 12.4. The molecule has 0 aromatic carbocycles. The Balaban J connectivity index is 3.58. The molecule has 0 aromatic rings. The Morgan fingerprint density at radius 1 is 0.426 bits per heavy atom. The molecule has 0 aliphatic rings. The Bertz CT molecular complexity index is 821. The molecule has 0 bridgehead atoms. The highest BCUT2D eigenvalue weighted by molar-refractivity contribution is 5.76. The molecule has 318 valence electrons. The lowest BCUT2D eigenvalue weighted by atomic mass is 10.0. The van der Waals surface area contributed by atoms with Crippen LogP contribution in [0.4, 0.5) is 0 Å². The topological polar surface area (TPSA) is 69.6 Å². The van der Waals surface area contributed by atoms with E-state index in [1.165, 1.54) is 205 Å². The van der Waals surface area contributed by atoms with Crippen molar-refractivity contribution in [3.63, 3.8) is 0 Å². The minimum atomic E-state index is -0.863. The average molecular weight is 758 g/mol. The predicted molar refractivity (Wildman–Crippen MR) is 239 cm³/mol. The van der Waals surface area contributed by atoms with E-state index in [-0.39, 0.29) is 12.5 Å². The van der Waals surface area contributed by atoms with Gasteiger partial charge >= 0.3 is 0 Å². The first-order valence-electron chi connectivity index (χ1n) is 24.2. The van der Waals surface area contributed by atoms with E-state index in [9.17, 15) is 15.0 Å². The number of carbonyl (C=O) groups is 1. The zero-order chi connectivity index (χ0) is 39.3. The van der Waals surface area contributed by atoms with Crippen LogP contribution >= 0.6 is 0 Å². The second-order valence-corrected chi connectivity index (χ2v) is 16.5. The fraction of sp³-hybridized carbons (Fsp3) is 0.860. The zero-order valence-corrected chi connectivity index (χ0v) is 36.5. The van der Waals surface area contributed by atoms with Crippen LogP contribution in [-0.4, -0.2) is 34.9 Å². The maximum atomic E-state index is 12.4. The van der Waals surface area contributed by atoms with Gasteiger partial charge in [-0.15, -0.1) is 0 Å². The van der Waals surface area contributed by atoms with Gasteiger partial charge in [0.1, 0.15) is 0 Å². The SMILES string of the molecule is CCCCCCCCCCCCC/C=C\CCCCCCCCCC(=O)NC(CO)C(O)/C=C/CC/C=C/CCCCCCCCCCCCCCCC. The molecule has 0 heterocycles. The highest BCUT2D eigenvalue weighted by atomic mass is 16.3. The van der Waals surface area contributed by atoms with Crippen LogP contribution in [0.2, 0.25) is 0 Å². The van der Waals surface area contributed by atoms with E-state index >= 15 is 0 Å². The fourth-order valence-corrected chi connectivity index (χ4v) is 7.37. The minimum Gasteiger partial charge on any atom is -0.394 e. The summed E-state index contributed by atoms with van der Waals surface area (Å²) in [5, 5.41) is 23.0. The van der Waals surface area contributed by atoms with Gasteiger partial charge in [-0.1, -0.05) is 230 Å². The molecule has 3 N–H and O–H groups in total. The molecule has 2 unspecified atom stereocenters. The Morgan fingerprint density at radius 2 is 0.722 bits per heavy atom. The van der Waals surface area contributed by atoms with Crippen molar-refractivity contribution in [3.8, 4) is 0 Å². The van der Waals surface area contributed by atoms with Crippen LogP contribution in [0.25, 0.3) is 0 Å². The number of hydrogen-bond acceptors (Lipinski definition) is 3. The molecule has 4 heteroatoms. The standard InChI is InChI=1S/C50H95NO3/c1-3-5-7-9-11-13-15-17-19-21-23-25-26-28-30-32-34-36-38-40-42-44-46-50(54)51-48(47-52)49(53)45-43-41-39-37-35-33-31-29-27-24-22-20-18-16-14-12-10-8-6-4-2/h26,28,35,37,43,45,48-49,52-53H,3-25,27,29-34,36,38-42,44,46-47H2,1-2H3,(H,51,54)/b28-26-,37-35+,45-43+. The molecule has 0 spiro atoms. The molecule has 54 heavy (non-hydrogen) atoms. The zero-order valence-electron chi connectivity index (χ0n) is 36.5. The van der Waals surface area contributed by atoms with Crippen molar-refractivity contribution < 1.29 is 15.0 Å². The average Bonchev–Trinajstić information content (AvgIpc) is 3.18. The van der Waals surface area contributed by atoms with Gasteiger partial charge in [-0.05, 0) is 57.8 Å². The summed E-state index contributed by atoms with van der Waals surface area (Å²) in [6.45, 7) is 4.31. The molecule has 0 aromatic heterocycles. The van der Waals surface area contributed by atoms with E-state index < -0.39 is 12.1 Å². The molecule has 0 saturated carbocycles. The lowest BCUT2D eigenvalue weighted by Gasteiger charge is -2.19. The highest BCUT2D eigenvalue weighted by Crippen LogP contribution is 2.15. The van der Waals surface area contributed by atoms with E-state index in [0.717, 1.165) is 32.1 Å². The Morgan fingerprint density at radius 3 is 1.07 bits per heavy atom. The summed E-state index contributed by atoms with van der Waals surface area (Å²) in [5.41, 5.74) is 0. The lowest BCUT2D eigenvalue weighted by Crippen LogP contribution is -2.45. The molecule has 2 atom stereocenters. The van der Waals surface area contributed by atoms with E-state index in [1.807, 2.05) is 6.08 Å². The first-order valence-corrected chi connectivity index (χ1v) is 24.2. The molecule has 4 nitrogen and oxygen atoms in total. The Kier molecular flexibility index (Phi) is 44.8. The third-order valence-corrected chi connectivity index (χ3v) is 11.1. The number of aliphatic hydroxyl groups excluding tert-OH is 2. The number of amides is 1. The number of aliphatic hydroxyl groups is 2. The minimum absolute atomic E-state index is 0.0760. The van der Waals surface area contributed by atoms with Crippen molar-refractivity contribution in [2.24, 2.45) is 0 Å². The highest BCUT2D eigenvalue weighted by Gasteiger charge is 2.17. The molecule has 0 aliphatic heterocycles. The number of carbonyl (C=O) groups excluding carboxylic acids is 1. The van der Waals surface area contributed by atoms with Crippen molar-refractivity contribution in [1.29, 1.82) is 0 Å². The third-order valence-electron chi connectivity index (χ3n) is 11.1. The molecule has 0 radical (unpaired) electrons. The fourth-order valence-electron chi connectivity index (χ4n) is 7.37. The number of nitrogens with one attached hydrogen (secondary N) is 1. The van der Waals surface area contributed by atoms with Crippen LogP contribution in [0.3, 0.4) is 0 Å². The summed E-state index contributed by atoms with van der Waals surface area (Å²) in [7, 11) is 0. The molecule has 0 aliphatic carbocycles. The van der Waals surface area contributed by atoms with Crippen LogP contribution < -0.4 is 5.32 Å². The smallest absolute Gasteiger partial charge is 0.220 e. The number of rotatable bonds is 44. The summed E-state index contributed by atoms with van der Waals surface area (Å²) < 4.78 is 0. The van der Waals surface area contributed by atoms with Crippen molar-refractivity contribution in [3.05, 3.63) is 36.5 Å². The first kappa shape index (κ1) is 52.6. The van der Waals surface area contributed by atoms with Gasteiger partial charge in [-0.3, -0.25) is 4.79 Å². The number of unbranched alkanes of at least 4 members (excludes halogenated alkanes) is 33. The third kappa shape index (κ3) is 41.8. The van der Waals surface area contributed by atoms with Crippen molar-refractivity contribution in [2.75, 3.05) is 6.61 Å². The predicted octanol–water partition coefficient (Wildman–Crippen LogP) is 15.4. The van der Waals surface area contributed by atoms with Crippen LogP contribution in [0.5, 0.6) is 0 Å². The van der Waals surface area contributed by atoms with Gasteiger partial charge in [0.2, 0.25) is 5.91 Å². The van der Waals surface area contributed by atoms with Gasteiger partial charge in [0.15, 0.2) is 0 Å². The Labute approximate surface area is 338 Å². The van der Waals surface area contributed by atoms with Gasteiger partial charge in [0.25, 0.3) is 0 Å². The second kappa shape index (κ2) is 46.0. The van der Waals surface area contributed by atoms with E-state index in [2.05, 4.69) is 43.5 Å². The van der Waals surface area contributed by atoms with Crippen LogP contribution in [0.1, 0.15) is 258 Å². The van der Waals surface area contributed by atoms with Crippen molar-refractivity contribution in [1.82, 2.24) is 5.32 Å². The van der Waals surface area contributed by atoms with Gasteiger partial charge in [-0.2, -0.15) is 0 Å². The lowest BCUT2D eigenvalue weighted by molar-refractivity contribution is -0.123. The Hall–Kier alpha value is -1.39. The van der Waals surface area contributed by atoms with E-state index in [4.69, 9.17) is 0 Å². The molecule has 0 fully saturated rings. The van der Waals surface area contributed by atoms with Crippen LogP contribution in [-0.2, 0) is 4.79 Å². The van der Waals surface area contributed by atoms with E-state index in [0.29, 0.717) is 6.42 Å². The van der Waals surface area contributed by atoms with Gasteiger partial charge in [0.05, 0.1) is 18.8 Å².